The molecule has 2 N–H and O–H groups in total. The van der Waals surface area contributed by atoms with Gasteiger partial charge in [0.1, 0.15) is 0 Å². The molecule has 0 unspecified atom stereocenters. The van der Waals surface area contributed by atoms with E-state index in [4.69, 9.17) is 10.2 Å². The van der Waals surface area contributed by atoms with Gasteiger partial charge in [-0.25, -0.2) is 9.59 Å². The number of allylic oxidation sites excluding steroid dienone is 2. The summed E-state index contributed by atoms with van der Waals surface area (Å²) in [6.07, 6.45) is 3.22. The van der Waals surface area contributed by atoms with E-state index in [-0.39, 0.29) is 5.92 Å². The number of carbonyl (C=O) groups is 2. The van der Waals surface area contributed by atoms with Gasteiger partial charge in [0.25, 0.3) is 0 Å². The molecule has 0 radical (unpaired) electrons. The third kappa shape index (κ3) is 5.66. The zero-order chi connectivity index (χ0) is 10.4. The van der Waals surface area contributed by atoms with E-state index < -0.39 is 11.9 Å². The van der Waals surface area contributed by atoms with Crippen molar-refractivity contribution in [3.63, 3.8) is 0 Å². The Morgan fingerprint density at radius 1 is 1.08 bits per heavy atom. The molecule has 0 aromatic rings. The lowest BCUT2D eigenvalue weighted by Crippen LogP contribution is -1.98. The molecule has 0 aliphatic heterocycles. The average molecular weight is 184 g/mol. The van der Waals surface area contributed by atoms with Crippen molar-refractivity contribution in [1.82, 2.24) is 0 Å². The summed E-state index contributed by atoms with van der Waals surface area (Å²) in [6, 6.07) is 0. The lowest BCUT2D eigenvalue weighted by molar-refractivity contribution is -0.132. The van der Waals surface area contributed by atoms with Crippen molar-refractivity contribution in [3.05, 3.63) is 23.8 Å². The molecule has 0 rings (SSSR count). The number of hydrogen-bond donors (Lipinski definition) is 2. The van der Waals surface area contributed by atoms with Crippen molar-refractivity contribution in [1.29, 1.82) is 0 Å². The highest BCUT2D eigenvalue weighted by Gasteiger charge is 2.02. The smallest absolute Gasteiger partial charge is 0.328 e. The molecule has 0 amide bonds. The van der Waals surface area contributed by atoms with Crippen molar-refractivity contribution in [2.45, 2.75) is 13.8 Å². The van der Waals surface area contributed by atoms with Gasteiger partial charge in [-0.15, -0.1) is 0 Å². The van der Waals surface area contributed by atoms with Crippen LogP contribution in [0.2, 0.25) is 0 Å². The molecule has 72 valence electrons. The second kappa shape index (κ2) is 5.13. The standard InChI is InChI=1S/C9H12O4/c1-6(2)7(5-9(12)13)3-4-8(10)11/h3-6H,1-2H3,(H,10,11)(H,12,13)/b4-3-,7-5+. The quantitative estimate of drug-likeness (QED) is 0.510. The Morgan fingerprint density at radius 3 is 1.92 bits per heavy atom. The maximum absolute atomic E-state index is 10.3. The number of carboxylic acids is 2. The Balaban J connectivity index is 4.63. The second-order valence-corrected chi connectivity index (χ2v) is 2.81. The van der Waals surface area contributed by atoms with Crippen molar-refractivity contribution in [2.24, 2.45) is 5.92 Å². The Labute approximate surface area is 76.2 Å². The summed E-state index contributed by atoms with van der Waals surface area (Å²) >= 11 is 0. The van der Waals surface area contributed by atoms with E-state index in [0.29, 0.717) is 5.57 Å². The van der Waals surface area contributed by atoms with E-state index in [1.54, 1.807) is 13.8 Å². The molecule has 4 heteroatoms. The predicted molar refractivity (Wildman–Crippen MR) is 47.3 cm³/mol. The number of carboxylic acid groups (broad SMARTS) is 2. The van der Waals surface area contributed by atoms with Crippen LogP contribution in [0.4, 0.5) is 0 Å². The largest absolute Gasteiger partial charge is 0.478 e. The van der Waals surface area contributed by atoms with Crippen LogP contribution in [0.3, 0.4) is 0 Å². The molecule has 0 aromatic carbocycles. The molecule has 0 fully saturated rings. The van der Waals surface area contributed by atoms with Gasteiger partial charge in [-0.1, -0.05) is 19.9 Å². The fourth-order valence-corrected chi connectivity index (χ4v) is 0.717. The van der Waals surface area contributed by atoms with Gasteiger partial charge in [-0.3, -0.25) is 0 Å². The van der Waals surface area contributed by atoms with Crippen LogP contribution in [0.15, 0.2) is 23.8 Å². The highest BCUT2D eigenvalue weighted by molar-refractivity contribution is 5.83. The normalized spacial score (nSPS) is 12.4. The van der Waals surface area contributed by atoms with E-state index in [1.165, 1.54) is 6.08 Å². The van der Waals surface area contributed by atoms with Gasteiger partial charge < -0.3 is 10.2 Å². The van der Waals surface area contributed by atoms with Crippen molar-refractivity contribution < 1.29 is 19.8 Å². The highest BCUT2D eigenvalue weighted by Crippen LogP contribution is 2.10. The second-order valence-electron chi connectivity index (χ2n) is 2.81. The zero-order valence-corrected chi connectivity index (χ0v) is 7.52. The molecule has 0 saturated carbocycles. The molecule has 4 nitrogen and oxygen atoms in total. The van der Waals surface area contributed by atoms with Crippen LogP contribution in [0.5, 0.6) is 0 Å². The number of hydrogen-bond acceptors (Lipinski definition) is 2. The van der Waals surface area contributed by atoms with Crippen LogP contribution in [-0.2, 0) is 9.59 Å². The van der Waals surface area contributed by atoms with Gasteiger partial charge in [-0.2, -0.15) is 0 Å². The first-order valence-corrected chi connectivity index (χ1v) is 3.79. The summed E-state index contributed by atoms with van der Waals surface area (Å²) in [4.78, 5) is 20.5. The Hall–Kier alpha value is -1.58. The molecule has 0 atom stereocenters. The van der Waals surface area contributed by atoms with Gasteiger partial charge >= 0.3 is 11.9 Å². The van der Waals surface area contributed by atoms with Crippen LogP contribution in [0.25, 0.3) is 0 Å². The molecule has 0 spiro atoms. The highest BCUT2D eigenvalue weighted by atomic mass is 16.4. The number of rotatable bonds is 4. The predicted octanol–water partition coefficient (Wildman–Crippen LogP) is 1.29. The van der Waals surface area contributed by atoms with E-state index in [1.807, 2.05) is 0 Å². The molecular formula is C9H12O4. The Morgan fingerprint density at radius 2 is 1.62 bits per heavy atom. The molecule has 0 saturated heterocycles. The van der Waals surface area contributed by atoms with Crippen LogP contribution in [0, 0.1) is 5.92 Å². The maximum atomic E-state index is 10.3. The van der Waals surface area contributed by atoms with Gasteiger partial charge in [0, 0.05) is 12.2 Å². The first-order chi connectivity index (χ1) is 5.93. The first kappa shape index (κ1) is 11.4. The third-order valence-electron chi connectivity index (χ3n) is 1.38. The molecule has 0 aromatic heterocycles. The van der Waals surface area contributed by atoms with Gasteiger partial charge in [0.05, 0.1) is 0 Å². The van der Waals surface area contributed by atoms with Crippen molar-refractivity contribution in [2.75, 3.05) is 0 Å². The van der Waals surface area contributed by atoms with Crippen LogP contribution in [-0.4, -0.2) is 22.2 Å². The average Bonchev–Trinajstić information content (AvgIpc) is 1.96. The van der Waals surface area contributed by atoms with E-state index in [0.717, 1.165) is 12.2 Å². The van der Waals surface area contributed by atoms with Gasteiger partial charge in [-0.05, 0) is 11.5 Å². The van der Waals surface area contributed by atoms with E-state index in [9.17, 15) is 9.59 Å². The lowest BCUT2D eigenvalue weighted by Gasteiger charge is -2.03. The molecule has 0 bridgehead atoms. The zero-order valence-electron chi connectivity index (χ0n) is 7.52. The lowest BCUT2D eigenvalue weighted by atomic mass is 10.0. The fourth-order valence-electron chi connectivity index (χ4n) is 0.717. The topological polar surface area (TPSA) is 74.6 Å². The van der Waals surface area contributed by atoms with Crippen LogP contribution in [0.1, 0.15) is 13.8 Å². The Kier molecular flexibility index (Phi) is 4.51. The van der Waals surface area contributed by atoms with Crippen molar-refractivity contribution >= 4 is 11.9 Å². The minimum absolute atomic E-state index is 0.00769. The summed E-state index contributed by atoms with van der Waals surface area (Å²) < 4.78 is 0. The minimum Gasteiger partial charge on any atom is -0.478 e. The third-order valence-corrected chi connectivity index (χ3v) is 1.38. The van der Waals surface area contributed by atoms with E-state index in [2.05, 4.69) is 0 Å². The summed E-state index contributed by atoms with van der Waals surface area (Å²) in [7, 11) is 0. The maximum Gasteiger partial charge on any atom is 0.328 e. The van der Waals surface area contributed by atoms with Gasteiger partial charge in [0.2, 0.25) is 0 Å². The first-order valence-electron chi connectivity index (χ1n) is 3.79. The monoisotopic (exact) mass is 184 g/mol. The molecule has 0 heterocycles. The van der Waals surface area contributed by atoms with Crippen molar-refractivity contribution in [3.8, 4) is 0 Å². The SMILES string of the molecule is CC(C)C(/C=C\C(=O)O)=C/C(=O)O. The Bertz CT molecular complexity index is 261. The molecule has 0 aliphatic carbocycles. The van der Waals surface area contributed by atoms with E-state index >= 15 is 0 Å². The molecule has 13 heavy (non-hydrogen) atoms. The molecule has 0 aliphatic rings. The summed E-state index contributed by atoms with van der Waals surface area (Å²) in [5, 5.41) is 16.8. The summed E-state index contributed by atoms with van der Waals surface area (Å²) in [5.74, 6) is -2.16. The molecular weight excluding hydrogens is 172 g/mol. The van der Waals surface area contributed by atoms with Crippen LogP contribution >= 0.6 is 0 Å². The fraction of sp³-hybridized carbons (Fsp3) is 0.333. The summed E-state index contributed by atoms with van der Waals surface area (Å²) in [5.41, 5.74) is 0.481. The number of aliphatic carboxylic acids is 2. The van der Waals surface area contributed by atoms with Crippen LogP contribution < -0.4 is 0 Å². The minimum atomic E-state index is -1.09. The van der Waals surface area contributed by atoms with Gasteiger partial charge in [0.15, 0.2) is 0 Å². The summed E-state index contributed by atoms with van der Waals surface area (Å²) in [6.45, 7) is 3.59.